The maximum absolute atomic E-state index is 12.3. The van der Waals surface area contributed by atoms with Crippen LogP contribution in [0.2, 0.25) is 0 Å². The Morgan fingerprint density at radius 1 is 1.50 bits per heavy atom. The van der Waals surface area contributed by atoms with Crippen LogP contribution in [-0.4, -0.2) is 34.7 Å². The van der Waals surface area contributed by atoms with Crippen molar-refractivity contribution in [3.8, 4) is 6.07 Å². The van der Waals surface area contributed by atoms with E-state index in [-0.39, 0.29) is 5.91 Å². The molecule has 1 amide bonds. The van der Waals surface area contributed by atoms with Gasteiger partial charge < -0.3 is 9.64 Å². The molecule has 2 aliphatic heterocycles. The van der Waals surface area contributed by atoms with Crippen molar-refractivity contribution in [1.82, 2.24) is 4.90 Å². The van der Waals surface area contributed by atoms with Gasteiger partial charge in [0, 0.05) is 12.2 Å². The summed E-state index contributed by atoms with van der Waals surface area (Å²) in [6.07, 6.45) is 0.319. The third-order valence-electron chi connectivity index (χ3n) is 4.10. The minimum atomic E-state index is -0.804. The van der Waals surface area contributed by atoms with Gasteiger partial charge in [-0.1, -0.05) is 30.3 Å². The molecule has 0 aromatic heterocycles. The van der Waals surface area contributed by atoms with Gasteiger partial charge >= 0.3 is 5.97 Å². The van der Waals surface area contributed by atoms with Crippen LogP contribution in [0.3, 0.4) is 0 Å². The van der Waals surface area contributed by atoms with Crippen molar-refractivity contribution in [3.63, 3.8) is 0 Å². The van der Waals surface area contributed by atoms with Gasteiger partial charge in [0.1, 0.15) is 17.0 Å². The second kappa shape index (κ2) is 5.65. The zero-order valence-corrected chi connectivity index (χ0v) is 13.0. The third kappa shape index (κ3) is 2.26. The number of carbonyl (C=O) groups excluding carboxylic acids is 2. The first-order chi connectivity index (χ1) is 10.6. The van der Waals surface area contributed by atoms with Crippen LogP contribution in [0.4, 0.5) is 0 Å². The molecule has 0 spiro atoms. The summed E-state index contributed by atoms with van der Waals surface area (Å²) in [5.74, 6) is -0.0209. The lowest BCUT2D eigenvalue weighted by Crippen LogP contribution is -2.47. The van der Waals surface area contributed by atoms with Gasteiger partial charge in [-0.05, 0) is 18.9 Å². The van der Waals surface area contributed by atoms with Crippen molar-refractivity contribution in [2.75, 3.05) is 5.75 Å². The van der Waals surface area contributed by atoms with E-state index in [1.807, 2.05) is 36.4 Å². The molecule has 0 saturated carbocycles. The van der Waals surface area contributed by atoms with E-state index >= 15 is 0 Å². The fourth-order valence-corrected chi connectivity index (χ4v) is 4.73. The largest absolute Gasteiger partial charge is 0.446 e. The lowest BCUT2D eigenvalue weighted by Gasteiger charge is -2.33. The quantitative estimate of drug-likeness (QED) is 0.798. The molecule has 2 heterocycles. The topological polar surface area (TPSA) is 70.4 Å². The number of hydrogen-bond donors (Lipinski definition) is 0. The highest BCUT2D eigenvalue weighted by Crippen LogP contribution is 2.54. The maximum Gasteiger partial charge on any atom is 0.331 e. The molecule has 114 valence electrons. The Morgan fingerprint density at radius 2 is 2.23 bits per heavy atom. The van der Waals surface area contributed by atoms with Crippen molar-refractivity contribution in [2.45, 2.75) is 36.8 Å². The summed E-state index contributed by atoms with van der Waals surface area (Å²) < 4.78 is 5.11. The van der Waals surface area contributed by atoms with Crippen LogP contribution in [0.5, 0.6) is 0 Å². The second-order valence-corrected chi connectivity index (χ2v) is 6.75. The van der Waals surface area contributed by atoms with Crippen LogP contribution in [0.15, 0.2) is 30.3 Å². The van der Waals surface area contributed by atoms with Gasteiger partial charge in [0.05, 0.1) is 0 Å². The van der Waals surface area contributed by atoms with E-state index in [1.54, 1.807) is 16.7 Å². The fourth-order valence-electron chi connectivity index (χ4n) is 3.10. The van der Waals surface area contributed by atoms with E-state index in [9.17, 15) is 9.59 Å². The molecule has 2 fully saturated rings. The zero-order chi connectivity index (χ0) is 15.7. The summed E-state index contributed by atoms with van der Waals surface area (Å²) in [7, 11) is 0. The summed E-state index contributed by atoms with van der Waals surface area (Å²) in [6, 6.07) is 11.1. The molecule has 0 aliphatic carbocycles. The van der Waals surface area contributed by atoms with Gasteiger partial charge in [0.2, 0.25) is 5.91 Å². The lowest BCUT2D eigenvalue weighted by molar-refractivity contribution is -0.155. The number of amides is 1. The Morgan fingerprint density at radius 3 is 2.91 bits per heavy atom. The molecule has 0 unspecified atom stereocenters. The number of benzene rings is 1. The molecule has 2 saturated heterocycles. The van der Waals surface area contributed by atoms with Gasteiger partial charge in [-0.25, -0.2) is 4.79 Å². The zero-order valence-electron chi connectivity index (χ0n) is 12.2. The van der Waals surface area contributed by atoms with Crippen molar-refractivity contribution < 1.29 is 14.3 Å². The summed E-state index contributed by atoms with van der Waals surface area (Å²) in [4.78, 5) is 25.8. The Labute approximate surface area is 133 Å². The monoisotopic (exact) mass is 316 g/mol. The number of nitrogens with zero attached hydrogens (tertiary/aromatic N) is 2. The maximum atomic E-state index is 12.3. The Bertz CT molecular complexity index is 643. The molecule has 3 atom stereocenters. The number of hydrogen-bond acceptors (Lipinski definition) is 5. The van der Waals surface area contributed by atoms with E-state index in [0.717, 1.165) is 5.56 Å². The van der Waals surface area contributed by atoms with E-state index < -0.39 is 23.0 Å². The molecule has 1 aromatic rings. The Balaban J connectivity index is 1.91. The first-order valence-corrected chi connectivity index (χ1v) is 8.19. The van der Waals surface area contributed by atoms with Crippen LogP contribution in [0.1, 0.15) is 25.3 Å². The van der Waals surface area contributed by atoms with Gasteiger partial charge in [-0.15, -0.1) is 11.8 Å². The molecule has 1 aromatic carbocycles. The van der Waals surface area contributed by atoms with Crippen LogP contribution in [0, 0.1) is 11.3 Å². The van der Waals surface area contributed by atoms with Crippen LogP contribution in [0.25, 0.3) is 0 Å². The average Bonchev–Trinajstić information content (AvgIpc) is 3.08. The average molecular weight is 316 g/mol. The van der Waals surface area contributed by atoms with Gasteiger partial charge in [-0.3, -0.25) is 4.79 Å². The van der Waals surface area contributed by atoms with E-state index in [2.05, 4.69) is 0 Å². The number of nitriles is 1. The SMILES string of the molecule is C[C@H](C#N)OC(=O)[C@@H]1CS[C@@]2(c3ccccc3)CCC(=O)N12. The third-order valence-corrected chi connectivity index (χ3v) is 5.70. The molecule has 5 nitrogen and oxygen atoms in total. The Hall–Kier alpha value is -2.00. The Kier molecular flexibility index (Phi) is 3.83. The lowest BCUT2D eigenvalue weighted by atomic mass is 10.0. The summed E-state index contributed by atoms with van der Waals surface area (Å²) in [5, 5.41) is 8.78. The van der Waals surface area contributed by atoms with Gasteiger partial charge in [-0.2, -0.15) is 5.26 Å². The molecule has 22 heavy (non-hydrogen) atoms. The summed E-state index contributed by atoms with van der Waals surface area (Å²) in [5.41, 5.74) is 1.04. The molecule has 0 N–H and O–H groups in total. The molecule has 3 rings (SSSR count). The number of rotatable bonds is 3. The van der Waals surface area contributed by atoms with Crippen molar-refractivity contribution in [1.29, 1.82) is 5.26 Å². The minimum Gasteiger partial charge on any atom is -0.446 e. The van der Waals surface area contributed by atoms with Crippen molar-refractivity contribution in [2.24, 2.45) is 0 Å². The summed E-state index contributed by atoms with van der Waals surface area (Å²) in [6.45, 7) is 1.52. The first-order valence-electron chi connectivity index (χ1n) is 7.20. The van der Waals surface area contributed by atoms with Crippen molar-refractivity contribution in [3.05, 3.63) is 35.9 Å². The number of carbonyl (C=O) groups is 2. The van der Waals surface area contributed by atoms with E-state index in [4.69, 9.17) is 10.00 Å². The van der Waals surface area contributed by atoms with E-state index in [1.165, 1.54) is 6.92 Å². The molecule has 0 radical (unpaired) electrons. The van der Waals surface area contributed by atoms with Crippen LogP contribution in [-0.2, 0) is 19.2 Å². The molecule has 6 heteroatoms. The molecular formula is C16H16N2O3S. The van der Waals surface area contributed by atoms with Crippen LogP contribution >= 0.6 is 11.8 Å². The van der Waals surface area contributed by atoms with Crippen molar-refractivity contribution >= 4 is 23.6 Å². The predicted octanol–water partition coefficient (Wildman–Crippen LogP) is 2.03. The predicted molar refractivity (Wildman–Crippen MR) is 81.6 cm³/mol. The van der Waals surface area contributed by atoms with Gasteiger partial charge in [0.25, 0.3) is 0 Å². The van der Waals surface area contributed by atoms with Crippen LogP contribution < -0.4 is 0 Å². The second-order valence-electron chi connectivity index (χ2n) is 5.45. The highest BCUT2D eigenvalue weighted by atomic mass is 32.2. The number of ether oxygens (including phenoxy) is 1. The number of esters is 1. The number of thioether (sulfide) groups is 1. The highest BCUT2D eigenvalue weighted by Gasteiger charge is 2.57. The normalized spacial score (nSPS) is 28.1. The van der Waals surface area contributed by atoms with E-state index in [0.29, 0.717) is 18.6 Å². The summed E-state index contributed by atoms with van der Waals surface area (Å²) >= 11 is 1.61. The molecular weight excluding hydrogens is 300 g/mol. The molecule has 0 bridgehead atoms. The minimum absolute atomic E-state index is 0.0274. The highest BCUT2D eigenvalue weighted by molar-refractivity contribution is 8.00. The molecule has 2 aliphatic rings. The smallest absolute Gasteiger partial charge is 0.331 e. The van der Waals surface area contributed by atoms with Gasteiger partial charge in [0.15, 0.2) is 6.10 Å². The standard InChI is InChI=1S/C16H16N2O3S/c1-11(9-17)21-15(20)13-10-22-16(8-7-14(19)18(13)16)12-5-3-2-4-6-12/h2-6,11,13H,7-8,10H2,1H3/t11-,13+,16-/m1/s1. The first kappa shape index (κ1) is 14.9. The number of fused-ring (bicyclic) bond motifs is 1. The fraction of sp³-hybridized carbons (Fsp3) is 0.438.